The Labute approximate surface area is 172 Å². The molecule has 2 fully saturated rings. The van der Waals surface area contributed by atoms with Gasteiger partial charge in [0.15, 0.2) is 0 Å². The van der Waals surface area contributed by atoms with Crippen molar-refractivity contribution in [2.75, 3.05) is 31.5 Å². The number of hydrogen-bond acceptors (Lipinski definition) is 4. The minimum absolute atomic E-state index is 0.0280. The average molecular weight is 420 g/mol. The molecular formula is C21H29N3O4S. The molecule has 3 heterocycles. The van der Waals surface area contributed by atoms with Crippen molar-refractivity contribution in [3.05, 3.63) is 23.8 Å². The number of nitrogens with one attached hydrogen (secondary N) is 1. The van der Waals surface area contributed by atoms with Crippen LogP contribution in [0.4, 0.5) is 5.69 Å². The highest BCUT2D eigenvalue weighted by atomic mass is 32.2. The van der Waals surface area contributed by atoms with E-state index < -0.39 is 10.0 Å². The van der Waals surface area contributed by atoms with Gasteiger partial charge in [0.1, 0.15) is 0 Å². The Morgan fingerprint density at radius 3 is 2.41 bits per heavy atom. The van der Waals surface area contributed by atoms with E-state index in [2.05, 4.69) is 5.32 Å². The summed E-state index contributed by atoms with van der Waals surface area (Å²) in [6, 6.07) is 4.96. The lowest BCUT2D eigenvalue weighted by molar-refractivity contribution is -0.137. The lowest BCUT2D eigenvalue weighted by Gasteiger charge is -2.35. The smallest absolute Gasteiger partial charge is 0.243 e. The van der Waals surface area contributed by atoms with Crippen LogP contribution in [0, 0.1) is 5.92 Å². The van der Waals surface area contributed by atoms with Gasteiger partial charge in [0.05, 0.1) is 4.90 Å². The second-order valence-corrected chi connectivity index (χ2v) is 10.2. The van der Waals surface area contributed by atoms with E-state index in [0.717, 1.165) is 31.5 Å². The summed E-state index contributed by atoms with van der Waals surface area (Å²) in [6.45, 7) is 2.42. The summed E-state index contributed by atoms with van der Waals surface area (Å²) >= 11 is 0. The number of likely N-dealkylation sites (tertiary alicyclic amines) is 1. The predicted molar refractivity (Wildman–Crippen MR) is 110 cm³/mol. The molecule has 158 valence electrons. The Morgan fingerprint density at radius 1 is 0.966 bits per heavy atom. The number of nitrogens with zero attached hydrogens (tertiary/aromatic N) is 2. The van der Waals surface area contributed by atoms with E-state index in [0.29, 0.717) is 50.9 Å². The molecule has 29 heavy (non-hydrogen) atoms. The highest BCUT2D eigenvalue weighted by Gasteiger charge is 2.34. The molecule has 0 aliphatic carbocycles. The monoisotopic (exact) mass is 419 g/mol. The highest BCUT2D eigenvalue weighted by molar-refractivity contribution is 7.89. The molecule has 0 atom stereocenters. The molecule has 0 unspecified atom stereocenters. The summed E-state index contributed by atoms with van der Waals surface area (Å²) in [7, 11) is -3.60. The molecule has 0 bridgehead atoms. The molecule has 0 saturated carbocycles. The second-order valence-electron chi connectivity index (χ2n) is 8.28. The number of hydrogen-bond donors (Lipinski definition) is 1. The zero-order valence-corrected chi connectivity index (χ0v) is 17.5. The van der Waals surface area contributed by atoms with Gasteiger partial charge in [-0.3, -0.25) is 9.59 Å². The van der Waals surface area contributed by atoms with Crippen molar-refractivity contribution in [1.29, 1.82) is 0 Å². The first-order valence-corrected chi connectivity index (χ1v) is 12.1. The largest absolute Gasteiger partial charge is 0.342 e. The van der Waals surface area contributed by atoms with Gasteiger partial charge in [-0.2, -0.15) is 4.31 Å². The minimum atomic E-state index is -3.60. The third-order valence-corrected chi connectivity index (χ3v) is 8.20. The Bertz CT molecular complexity index is 885. The van der Waals surface area contributed by atoms with Gasteiger partial charge in [-0.15, -0.1) is 0 Å². The highest BCUT2D eigenvalue weighted by Crippen LogP contribution is 2.29. The lowest BCUT2D eigenvalue weighted by Crippen LogP contribution is -2.45. The van der Waals surface area contributed by atoms with Gasteiger partial charge >= 0.3 is 0 Å². The Hall–Kier alpha value is -1.93. The molecule has 4 rings (SSSR count). The van der Waals surface area contributed by atoms with Crippen LogP contribution < -0.4 is 5.32 Å². The van der Waals surface area contributed by atoms with Gasteiger partial charge in [-0.25, -0.2) is 8.42 Å². The van der Waals surface area contributed by atoms with Gasteiger partial charge in [0.25, 0.3) is 0 Å². The second kappa shape index (κ2) is 8.44. The summed E-state index contributed by atoms with van der Waals surface area (Å²) in [6.07, 6.45) is 6.33. The Morgan fingerprint density at radius 2 is 1.69 bits per heavy atom. The maximum Gasteiger partial charge on any atom is 0.243 e. The zero-order chi connectivity index (χ0) is 20.4. The van der Waals surface area contributed by atoms with Crippen LogP contribution in [0.3, 0.4) is 0 Å². The molecule has 8 heteroatoms. The van der Waals surface area contributed by atoms with Gasteiger partial charge in [-0.1, -0.05) is 0 Å². The fourth-order valence-electron chi connectivity index (χ4n) is 4.58. The molecule has 0 aromatic heterocycles. The fraction of sp³-hybridized carbons (Fsp3) is 0.619. The van der Waals surface area contributed by atoms with E-state index in [1.54, 1.807) is 18.2 Å². The Kier molecular flexibility index (Phi) is 5.92. The average Bonchev–Trinajstić information content (AvgIpc) is 2.93. The summed E-state index contributed by atoms with van der Waals surface area (Å²) in [5, 5.41) is 2.84. The van der Waals surface area contributed by atoms with E-state index in [9.17, 15) is 18.0 Å². The molecular weight excluding hydrogens is 390 g/mol. The molecule has 2 amide bonds. The third kappa shape index (κ3) is 4.33. The number of amides is 2. The maximum absolute atomic E-state index is 13.1. The summed E-state index contributed by atoms with van der Waals surface area (Å²) in [5.74, 6) is 0.101. The summed E-state index contributed by atoms with van der Waals surface area (Å²) < 4.78 is 27.8. The molecule has 2 saturated heterocycles. The van der Waals surface area contributed by atoms with Crippen LogP contribution in [0.5, 0.6) is 0 Å². The number of carbonyl (C=O) groups excluding carboxylic acids is 2. The van der Waals surface area contributed by atoms with Crippen molar-refractivity contribution >= 4 is 27.5 Å². The summed E-state index contributed by atoms with van der Waals surface area (Å²) in [4.78, 5) is 26.7. The number of carbonyl (C=O) groups is 2. The third-order valence-electron chi connectivity index (χ3n) is 6.31. The number of benzene rings is 1. The molecule has 1 aromatic carbocycles. The van der Waals surface area contributed by atoms with Crippen LogP contribution >= 0.6 is 0 Å². The predicted octanol–water partition coefficient (Wildman–Crippen LogP) is 2.37. The number of rotatable bonds is 3. The van der Waals surface area contributed by atoms with E-state index in [4.69, 9.17) is 0 Å². The molecule has 0 spiro atoms. The first-order chi connectivity index (χ1) is 13.9. The molecule has 1 N–H and O–H groups in total. The summed E-state index contributed by atoms with van der Waals surface area (Å²) in [5.41, 5.74) is 1.57. The molecule has 3 aliphatic rings. The van der Waals surface area contributed by atoms with E-state index in [1.165, 1.54) is 10.7 Å². The van der Waals surface area contributed by atoms with Crippen LogP contribution in [-0.2, 0) is 26.0 Å². The van der Waals surface area contributed by atoms with Crippen molar-refractivity contribution in [3.8, 4) is 0 Å². The van der Waals surface area contributed by atoms with Gasteiger partial charge in [0, 0.05) is 44.2 Å². The zero-order valence-electron chi connectivity index (χ0n) is 16.7. The topological polar surface area (TPSA) is 86.8 Å². The van der Waals surface area contributed by atoms with E-state index in [-0.39, 0.29) is 22.6 Å². The standard InChI is InChI=1S/C21H29N3O4S/c25-20-6-4-5-17-15-18(7-8-19(17)22-20)29(27,28)24-13-9-16(10-14-24)21(26)23-11-2-1-3-12-23/h7-8,15-16H,1-6,9-14H2,(H,22,25). The first kappa shape index (κ1) is 20.3. The Balaban J connectivity index is 1.43. The van der Waals surface area contributed by atoms with Crippen molar-refractivity contribution in [1.82, 2.24) is 9.21 Å². The quantitative estimate of drug-likeness (QED) is 0.815. The lowest BCUT2D eigenvalue weighted by atomic mass is 9.95. The van der Waals surface area contributed by atoms with Crippen molar-refractivity contribution < 1.29 is 18.0 Å². The van der Waals surface area contributed by atoms with Crippen LogP contribution in [0.2, 0.25) is 0 Å². The number of aryl methyl sites for hydroxylation is 1. The van der Waals surface area contributed by atoms with Crippen molar-refractivity contribution in [2.45, 2.75) is 56.3 Å². The van der Waals surface area contributed by atoms with Gasteiger partial charge < -0.3 is 10.2 Å². The van der Waals surface area contributed by atoms with Crippen molar-refractivity contribution in [3.63, 3.8) is 0 Å². The van der Waals surface area contributed by atoms with E-state index >= 15 is 0 Å². The van der Waals surface area contributed by atoms with Gasteiger partial charge in [0.2, 0.25) is 21.8 Å². The number of anilines is 1. The fourth-order valence-corrected chi connectivity index (χ4v) is 6.10. The first-order valence-electron chi connectivity index (χ1n) is 10.7. The van der Waals surface area contributed by atoms with E-state index in [1.807, 2.05) is 4.90 Å². The molecule has 0 radical (unpaired) electrons. The van der Waals surface area contributed by atoms with Crippen LogP contribution in [0.1, 0.15) is 50.5 Å². The molecule has 7 nitrogen and oxygen atoms in total. The molecule has 3 aliphatic heterocycles. The van der Waals surface area contributed by atoms with Crippen LogP contribution in [0.25, 0.3) is 0 Å². The van der Waals surface area contributed by atoms with Gasteiger partial charge in [-0.05, 0) is 68.7 Å². The minimum Gasteiger partial charge on any atom is -0.342 e. The van der Waals surface area contributed by atoms with Crippen LogP contribution in [-0.4, -0.2) is 55.6 Å². The number of fused-ring (bicyclic) bond motifs is 1. The number of sulfonamides is 1. The normalized spacial score (nSPS) is 21.9. The SMILES string of the molecule is O=C1CCCc2cc(S(=O)(=O)N3CCC(C(=O)N4CCCCC4)CC3)ccc2N1. The van der Waals surface area contributed by atoms with Crippen molar-refractivity contribution in [2.24, 2.45) is 5.92 Å². The molecule has 1 aromatic rings. The van der Waals surface area contributed by atoms with Crippen LogP contribution in [0.15, 0.2) is 23.1 Å². The maximum atomic E-state index is 13.1. The number of piperidine rings is 2.